The number of carboxylic acids is 1. The molecule has 2 rings (SSSR count). The zero-order valence-corrected chi connectivity index (χ0v) is 15.5. The van der Waals surface area contributed by atoms with Crippen LogP contribution >= 0.6 is 0 Å². The van der Waals surface area contributed by atoms with Crippen molar-refractivity contribution in [2.45, 2.75) is 39.2 Å². The summed E-state index contributed by atoms with van der Waals surface area (Å²) in [4.78, 5) is 27.4. The Hall–Kier alpha value is -2.08. The van der Waals surface area contributed by atoms with Crippen molar-refractivity contribution in [3.8, 4) is 5.75 Å². The second-order valence-corrected chi connectivity index (χ2v) is 6.75. The van der Waals surface area contributed by atoms with Crippen LogP contribution in [0, 0.1) is 13.8 Å². The normalized spacial score (nSPS) is 16.2. The molecule has 1 amide bonds. The summed E-state index contributed by atoms with van der Waals surface area (Å²) in [6.07, 6.45) is 2.57. The van der Waals surface area contributed by atoms with Gasteiger partial charge < -0.3 is 14.7 Å². The predicted molar refractivity (Wildman–Crippen MR) is 95.9 cm³/mol. The third-order valence-electron chi connectivity index (χ3n) is 4.82. The average molecular weight is 348 g/mol. The van der Waals surface area contributed by atoms with Gasteiger partial charge in [0.25, 0.3) is 0 Å². The van der Waals surface area contributed by atoms with Gasteiger partial charge in [-0.1, -0.05) is 12.1 Å². The summed E-state index contributed by atoms with van der Waals surface area (Å²) in [6, 6.07) is 2.99. The molecule has 1 heterocycles. The number of likely N-dealkylation sites (tertiary alicyclic amines) is 1. The molecule has 0 saturated carbocycles. The molecule has 1 aromatic rings. The molecule has 1 aromatic carbocycles. The van der Waals surface area contributed by atoms with Gasteiger partial charge in [0.2, 0.25) is 5.91 Å². The van der Waals surface area contributed by atoms with E-state index in [4.69, 9.17) is 4.74 Å². The highest BCUT2D eigenvalue weighted by Crippen LogP contribution is 2.29. The van der Waals surface area contributed by atoms with Gasteiger partial charge in [0.1, 0.15) is 11.8 Å². The van der Waals surface area contributed by atoms with Crippen molar-refractivity contribution >= 4 is 11.9 Å². The third-order valence-corrected chi connectivity index (χ3v) is 4.82. The lowest BCUT2D eigenvalue weighted by molar-refractivity contribution is -0.143. The Bertz CT molecular complexity index is 621. The van der Waals surface area contributed by atoms with E-state index in [2.05, 4.69) is 0 Å². The fourth-order valence-electron chi connectivity index (χ4n) is 3.55. The van der Waals surface area contributed by atoms with Crippen LogP contribution in [0.25, 0.3) is 0 Å². The molecule has 6 heteroatoms. The first-order valence-corrected chi connectivity index (χ1v) is 8.71. The number of hydrogen-bond acceptors (Lipinski definition) is 4. The molecular weight excluding hydrogens is 320 g/mol. The Morgan fingerprint density at radius 2 is 1.96 bits per heavy atom. The highest BCUT2D eigenvalue weighted by atomic mass is 16.5. The van der Waals surface area contributed by atoms with E-state index in [1.807, 2.05) is 30.9 Å². The van der Waals surface area contributed by atoms with E-state index < -0.39 is 12.0 Å². The molecule has 0 radical (unpaired) electrons. The molecule has 1 atom stereocenters. The number of aryl methyl sites for hydroxylation is 2. The van der Waals surface area contributed by atoms with Crippen LogP contribution in [0.2, 0.25) is 0 Å². The Labute approximate surface area is 149 Å². The summed E-state index contributed by atoms with van der Waals surface area (Å²) in [6.45, 7) is 5.69. The topological polar surface area (TPSA) is 70.1 Å². The van der Waals surface area contributed by atoms with Crippen molar-refractivity contribution in [2.75, 3.05) is 33.8 Å². The number of amides is 1. The second-order valence-electron chi connectivity index (χ2n) is 6.75. The molecule has 1 aliphatic heterocycles. The minimum Gasteiger partial charge on any atom is -0.496 e. The number of carboxylic acid groups (broad SMARTS) is 1. The summed E-state index contributed by atoms with van der Waals surface area (Å²) in [5.74, 6) is 0.0635. The Kier molecular flexibility index (Phi) is 6.42. The number of ether oxygens (including phenoxy) is 1. The highest BCUT2D eigenvalue weighted by molar-refractivity contribution is 5.77. The number of benzene rings is 1. The van der Waals surface area contributed by atoms with Crippen molar-refractivity contribution in [3.63, 3.8) is 0 Å². The van der Waals surface area contributed by atoms with Crippen LogP contribution in [0.15, 0.2) is 12.1 Å². The Morgan fingerprint density at radius 1 is 1.32 bits per heavy atom. The van der Waals surface area contributed by atoms with Crippen molar-refractivity contribution < 1.29 is 19.4 Å². The predicted octanol–water partition coefficient (Wildman–Crippen LogP) is 2.38. The third kappa shape index (κ3) is 4.51. The number of piperidine rings is 1. The zero-order valence-electron chi connectivity index (χ0n) is 15.5. The van der Waals surface area contributed by atoms with E-state index in [9.17, 15) is 14.7 Å². The molecule has 1 N–H and O–H groups in total. The summed E-state index contributed by atoms with van der Waals surface area (Å²) >= 11 is 0. The van der Waals surface area contributed by atoms with E-state index in [0.29, 0.717) is 19.5 Å². The fraction of sp³-hybridized carbons (Fsp3) is 0.579. The molecule has 6 nitrogen and oxygen atoms in total. The first-order valence-electron chi connectivity index (χ1n) is 8.71. The molecule has 138 valence electrons. The quantitative estimate of drug-likeness (QED) is 0.819. The molecule has 0 bridgehead atoms. The number of carbonyl (C=O) groups excluding carboxylic acids is 1. The molecule has 0 spiro atoms. The smallest absolute Gasteiger partial charge is 0.325 e. The Balaban J connectivity index is 2.14. The van der Waals surface area contributed by atoms with E-state index in [1.165, 1.54) is 0 Å². The van der Waals surface area contributed by atoms with Gasteiger partial charge in [-0.25, -0.2) is 0 Å². The first kappa shape index (κ1) is 19.2. The maximum atomic E-state index is 11.9. The van der Waals surface area contributed by atoms with Crippen LogP contribution in [0.1, 0.15) is 42.0 Å². The lowest BCUT2D eigenvalue weighted by Gasteiger charge is -2.31. The number of carbonyl (C=O) groups is 2. The molecule has 0 unspecified atom stereocenters. The lowest BCUT2D eigenvalue weighted by Crippen LogP contribution is -2.42. The molecule has 1 aliphatic rings. The van der Waals surface area contributed by atoms with Crippen molar-refractivity contribution in [1.29, 1.82) is 0 Å². The van der Waals surface area contributed by atoms with Gasteiger partial charge in [0.05, 0.1) is 7.11 Å². The zero-order chi connectivity index (χ0) is 18.6. The van der Waals surface area contributed by atoms with Crippen LogP contribution in [-0.4, -0.2) is 60.6 Å². The van der Waals surface area contributed by atoms with Gasteiger partial charge in [0, 0.05) is 26.1 Å². The maximum Gasteiger partial charge on any atom is 0.325 e. The number of rotatable bonds is 7. The van der Waals surface area contributed by atoms with Gasteiger partial charge >= 0.3 is 5.97 Å². The van der Waals surface area contributed by atoms with Gasteiger partial charge in [0.15, 0.2) is 0 Å². The van der Waals surface area contributed by atoms with Crippen LogP contribution < -0.4 is 4.74 Å². The second kappa shape index (κ2) is 8.34. The number of methoxy groups -OCH3 is 1. The fourth-order valence-corrected chi connectivity index (χ4v) is 3.55. The van der Waals surface area contributed by atoms with Gasteiger partial charge in [-0.05, 0) is 50.4 Å². The molecule has 0 aliphatic carbocycles. The molecular formula is C19H28N2O4. The van der Waals surface area contributed by atoms with E-state index in [1.54, 1.807) is 19.1 Å². The summed E-state index contributed by atoms with van der Waals surface area (Å²) in [5, 5.41) is 9.74. The standard InChI is InChI=1S/C19H28N2O4/c1-13-11-15(12-14(2)18(13)25-4)17(19(23)24)20(3)9-10-21-8-6-5-7-16(21)22/h11-12,17H,5-10H2,1-4H3,(H,23,24)/t17-/m1/s1. The molecule has 1 fully saturated rings. The summed E-state index contributed by atoms with van der Waals surface area (Å²) in [7, 11) is 3.41. The maximum absolute atomic E-state index is 11.9. The molecule has 0 aromatic heterocycles. The first-order chi connectivity index (χ1) is 11.8. The van der Waals surface area contributed by atoms with Crippen LogP contribution in [0.4, 0.5) is 0 Å². The van der Waals surface area contributed by atoms with E-state index in [0.717, 1.165) is 41.8 Å². The van der Waals surface area contributed by atoms with Crippen LogP contribution in [0.3, 0.4) is 0 Å². The lowest BCUT2D eigenvalue weighted by atomic mass is 9.99. The number of hydrogen-bond donors (Lipinski definition) is 1. The monoisotopic (exact) mass is 348 g/mol. The van der Waals surface area contributed by atoms with Crippen molar-refractivity contribution in [3.05, 3.63) is 28.8 Å². The summed E-state index contributed by atoms with van der Waals surface area (Å²) < 4.78 is 5.36. The van der Waals surface area contributed by atoms with Crippen LogP contribution in [0.5, 0.6) is 5.75 Å². The van der Waals surface area contributed by atoms with E-state index in [-0.39, 0.29) is 5.91 Å². The van der Waals surface area contributed by atoms with E-state index >= 15 is 0 Å². The van der Waals surface area contributed by atoms with Crippen LogP contribution in [-0.2, 0) is 9.59 Å². The van der Waals surface area contributed by atoms with Gasteiger partial charge in [-0.15, -0.1) is 0 Å². The highest BCUT2D eigenvalue weighted by Gasteiger charge is 2.27. The average Bonchev–Trinajstić information content (AvgIpc) is 2.53. The molecule has 25 heavy (non-hydrogen) atoms. The SMILES string of the molecule is COc1c(C)cc([C@H](C(=O)O)N(C)CCN2CCCCC2=O)cc1C. The van der Waals surface area contributed by atoms with Gasteiger partial charge in [-0.3, -0.25) is 14.5 Å². The van der Waals surface area contributed by atoms with Crippen molar-refractivity contribution in [2.24, 2.45) is 0 Å². The molecule has 1 saturated heterocycles. The summed E-state index contributed by atoms with van der Waals surface area (Å²) in [5.41, 5.74) is 2.57. The minimum absolute atomic E-state index is 0.169. The number of nitrogens with zero attached hydrogens (tertiary/aromatic N) is 2. The minimum atomic E-state index is -0.892. The Morgan fingerprint density at radius 3 is 2.48 bits per heavy atom. The van der Waals surface area contributed by atoms with Gasteiger partial charge in [-0.2, -0.15) is 0 Å². The largest absolute Gasteiger partial charge is 0.496 e. The van der Waals surface area contributed by atoms with Crippen molar-refractivity contribution in [1.82, 2.24) is 9.80 Å². The number of aliphatic carboxylic acids is 1. The number of likely N-dealkylation sites (N-methyl/N-ethyl adjacent to an activating group) is 1.